The van der Waals surface area contributed by atoms with Gasteiger partial charge in [0.2, 0.25) is 0 Å². The summed E-state index contributed by atoms with van der Waals surface area (Å²) in [6, 6.07) is 18.1. The lowest BCUT2D eigenvalue weighted by Gasteiger charge is -2.14. The van der Waals surface area contributed by atoms with Gasteiger partial charge in [0.15, 0.2) is 0 Å². The lowest BCUT2D eigenvalue weighted by molar-refractivity contribution is 0.146. The van der Waals surface area contributed by atoms with Crippen molar-refractivity contribution in [2.24, 2.45) is 5.92 Å². The first-order chi connectivity index (χ1) is 13.7. The summed E-state index contributed by atoms with van der Waals surface area (Å²) < 4.78 is 7.19. The van der Waals surface area contributed by atoms with Crippen LogP contribution in [0.15, 0.2) is 60.8 Å². The molecule has 0 spiro atoms. The second-order valence-corrected chi connectivity index (χ2v) is 7.13. The number of aliphatic hydroxyl groups is 1. The van der Waals surface area contributed by atoms with Crippen molar-refractivity contribution in [1.29, 1.82) is 0 Å². The normalized spacial score (nSPS) is 19.1. The molecule has 1 aliphatic heterocycles. The highest BCUT2D eigenvalue weighted by molar-refractivity contribution is 5.64. The van der Waals surface area contributed by atoms with Crippen molar-refractivity contribution in [3.63, 3.8) is 0 Å². The lowest BCUT2D eigenvalue weighted by Crippen LogP contribution is -2.30. The summed E-state index contributed by atoms with van der Waals surface area (Å²) in [4.78, 5) is 0. The molecule has 3 aromatic rings. The highest BCUT2D eigenvalue weighted by Gasteiger charge is 2.24. The Labute approximate surface area is 165 Å². The van der Waals surface area contributed by atoms with E-state index in [2.05, 4.69) is 16.8 Å². The van der Waals surface area contributed by atoms with Gasteiger partial charge in [-0.05, 0) is 36.4 Å². The number of rotatable bonds is 7. The van der Waals surface area contributed by atoms with Gasteiger partial charge in [0.1, 0.15) is 5.75 Å². The average molecular weight is 378 g/mol. The molecule has 3 N–H and O–H groups in total. The SMILES string of the molecule is COc1ccc(-c2nn(-c3ccccc3)cc2CNCC2CNCC2O)cc1. The van der Waals surface area contributed by atoms with Gasteiger partial charge in [-0.15, -0.1) is 0 Å². The summed E-state index contributed by atoms with van der Waals surface area (Å²) in [5.41, 5.74) is 4.15. The highest BCUT2D eigenvalue weighted by atomic mass is 16.5. The molecule has 2 heterocycles. The minimum absolute atomic E-state index is 0.244. The molecule has 1 saturated heterocycles. The topological polar surface area (TPSA) is 71.3 Å². The molecule has 0 aliphatic carbocycles. The number of nitrogens with zero attached hydrogens (tertiary/aromatic N) is 2. The van der Waals surface area contributed by atoms with Crippen LogP contribution in [0.25, 0.3) is 16.9 Å². The van der Waals surface area contributed by atoms with Crippen LogP contribution in [0, 0.1) is 5.92 Å². The summed E-state index contributed by atoms with van der Waals surface area (Å²) in [6.45, 7) is 2.99. The number of aliphatic hydroxyl groups excluding tert-OH is 1. The van der Waals surface area contributed by atoms with Gasteiger partial charge in [-0.1, -0.05) is 18.2 Å². The molecule has 1 aromatic heterocycles. The Morgan fingerprint density at radius 3 is 2.61 bits per heavy atom. The molecule has 146 valence electrons. The van der Waals surface area contributed by atoms with Gasteiger partial charge in [-0.2, -0.15) is 5.10 Å². The van der Waals surface area contributed by atoms with Crippen LogP contribution in [0.1, 0.15) is 5.56 Å². The third-order valence-corrected chi connectivity index (χ3v) is 5.20. The molecule has 1 fully saturated rings. The molecular weight excluding hydrogens is 352 g/mol. The van der Waals surface area contributed by atoms with Gasteiger partial charge in [-0.25, -0.2) is 4.68 Å². The zero-order chi connectivity index (χ0) is 19.3. The Morgan fingerprint density at radius 1 is 1.14 bits per heavy atom. The zero-order valence-electron chi connectivity index (χ0n) is 16.0. The third kappa shape index (κ3) is 4.09. The first-order valence-electron chi connectivity index (χ1n) is 9.62. The summed E-state index contributed by atoms with van der Waals surface area (Å²) >= 11 is 0. The lowest BCUT2D eigenvalue weighted by atomic mass is 10.1. The number of para-hydroxylation sites is 1. The summed E-state index contributed by atoms with van der Waals surface area (Å²) in [5, 5.41) is 21.6. The molecule has 2 atom stereocenters. The van der Waals surface area contributed by atoms with E-state index in [-0.39, 0.29) is 12.0 Å². The van der Waals surface area contributed by atoms with Crippen molar-refractivity contribution in [3.05, 3.63) is 66.4 Å². The molecule has 1 aliphatic rings. The Kier molecular flexibility index (Phi) is 5.71. The van der Waals surface area contributed by atoms with Crippen LogP contribution in [0.4, 0.5) is 0 Å². The molecule has 0 bridgehead atoms. The first kappa shape index (κ1) is 18.7. The van der Waals surface area contributed by atoms with E-state index < -0.39 is 0 Å². The molecule has 6 nitrogen and oxygen atoms in total. The third-order valence-electron chi connectivity index (χ3n) is 5.20. The highest BCUT2D eigenvalue weighted by Crippen LogP contribution is 2.26. The Balaban J connectivity index is 1.57. The van der Waals surface area contributed by atoms with E-state index >= 15 is 0 Å². The van der Waals surface area contributed by atoms with Crippen molar-refractivity contribution in [1.82, 2.24) is 20.4 Å². The minimum Gasteiger partial charge on any atom is -0.497 e. The van der Waals surface area contributed by atoms with E-state index in [1.54, 1.807) is 7.11 Å². The van der Waals surface area contributed by atoms with Crippen molar-refractivity contribution in [2.75, 3.05) is 26.7 Å². The summed E-state index contributed by atoms with van der Waals surface area (Å²) in [7, 11) is 1.67. The van der Waals surface area contributed by atoms with Crippen molar-refractivity contribution in [3.8, 4) is 22.7 Å². The molecule has 2 unspecified atom stereocenters. The molecule has 28 heavy (non-hydrogen) atoms. The molecule has 0 saturated carbocycles. The number of β-amino-alcohol motifs (C(OH)–C–C–N with tert-alkyl or cyclic N) is 1. The number of benzene rings is 2. The predicted octanol–water partition coefficient (Wildman–Crippen LogP) is 2.22. The maximum absolute atomic E-state index is 9.99. The predicted molar refractivity (Wildman–Crippen MR) is 110 cm³/mol. The monoisotopic (exact) mass is 378 g/mol. The second-order valence-electron chi connectivity index (χ2n) is 7.13. The van der Waals surface area contributed by atoms with E-state index in [0.717, 1.165) is 41.3 Å². The Bertz CT molecular complexity index is 893. The van der Waals surface area contributed by atoms with Gasteiger partial charge in [0, 0.05) is 49.4 Å². The largest absolute Gasteiger partial charge is 0.497 e. The number of aromatic nitrogens is 2. The van der Waals surface area contributed by atoms with E-state index in [0.29, 0.717) is 13.1 Å². The van der Waals surface area contributed by atoms with Crippen LogP contribution in [0.5, 0.6) is 5.75 Å². The van der Waals surface area contributed by atoms with Gasteiger partial charge < -0.3 is 20.5 Å². The maximum Gasteiger partial charge on any atom is 0.118 e. The minimum atomic E-state index is -0.277. The standard InChI is InChI=1S/C22H26N4O2/c1-28-20-9-7-16(8-10-20)22-18(13-23-11-17-12-24-14-21(17)27)15-26(25-22)19-5-3-2-4-6-19/h2-10,15,17,21,23-24,27H,11-14H2,1H3. The second kappa shape index (κ2) is 8.56. The average Bonchev–Trinajstić information content (AvgIpc) is 3.35. The smallest absolute Gasteiger partial charge is 0.118 e. The first-order valence-corrected chi connectivity index (χ1v) is 9.62. The van der Waals surface area contributed by atoms with Crippen LogP contribution in [-0.4, -0.2) is 47.7 Å². The molecule has 0 amide bonds. The summed E-state index contributed by atoms with van der Waals surface area (Å²) in [6.07, 6.45) is 1.80. The number of ether oxygens (including phenoxy) is 1. The molecule has 0 radical (unpaired) electrons. The van der Waals surface area contributed by atoms with Crippen LogP contribution in [0.3, 0.4) is 0 Å². The molecule has 2 aromatic carbocycles. The van der Waals surface area contributed by atoms with Gasteiger partial charge >= 0.3 is 0 Å². The van der Waals surface area contributed by atoms with Gasteiger partial charge in [0.05, 0.1) is 24.6 Å². The molecule has 4 rings (SSSR count). The number of hydrogen-bond donors (Lipinski definition) is 3. The number of hydrogen-bond acceptors (Lipinski definition) is 5. The fraction of sp³-hybridized carbons (Fsp3) is 0.318. The quantitative estimate of drug-likeness (QED) is 0.588. The fourth-order valence-electron chi connectivity index (χ4n) is 3.56. The Hall–Kier alpha value is -2.67. The number of nitrogens with one attached hydrogen (secondary N) is 2. The van der Waals surface area contributed by atoms with Crippen molar-refractivity contribution >= 4 is 0 Å². The Morgan fingerprint density at radius 2 is 1.93 bits per heavy atom. The van der Waals surface area contributed by atoms with Crippen LogP contribution >= 0.6 is 0 Å². The number of methoxy groups -OCH3 is 1. The van der Waals surface area contributed by atoms with Crippen LogP contribution < -0.4 is 15.4 Å². The van der Waals surface area contributed by atoms with Gasteiger partial charge in [0.25, 0.3) is 0 Å². The van der Waals surface area contributed by atoms with Crippen molar-refractivity contribution < 1.29 is 9.84 Å². The van der Waals surface area contributed by atoms with Crippen LogP contribution in [-0.2, 0) is 6.54 Å². The van der Waals surface area contributed by atoms with Gasteiger partial charge in [-0.3, -0.25) is 0 Å². The van der Waals surface area contributed by atoms with E-state index in [1.807, 2.05) is 59.3 Å². The van der Waals surface area contributed by atoms with E-state index in [9.17, 15) is 5.11 Å². The molecule has 6 heteroatoms. The molecular formula is C22H26N4O2. The zero-order valence-corrected chi connectivity index (χ0v) is 16.0. The van der Waals surface area contributed by atoms with E-state index in [4.69, 9.17) is 9.84 Å². The summed E-state index contributed by atoms with van der Waals surface area (Å²) in [5.74, 6) is 1.07. The van der Waals surface area contributed by atoms with E-state index in [1.165, 1.54) is 0 Å². The maximum atomic E-state index is 9.99. The fourth-order valence-corrected chi connectivity index (χ4v) is 3.56. The van der Waals surface area contributed by atoms with Crippen molar-refractivity contribution in [2.45, 2.75) is 12.6 Å². The van der Waals surface area contributed by atoms with Crippen LogP contribution in [0.2, 0.25) is 0 Å².